The van der Waals surface area contributed by atoms with Crippen molar-refractivity contribution in [2.45, 2.75) is 166 Å². The molecule has 6 atom stereocenters. The Morgan fingerprint density at radius 2 is 1.59 bits per heavy atom. The minimum atomic E-state index is -4.79. The van der Waals surface area contributed by atoms with Crippen LogP contribution in [-0.2, 0) is 29.7 Å². The normalized spacial score (nSPS) is 21.0. The molecule has 0 spiro atoms. The second-order valence-electron chi connectivity index (χ2n) is 15.7. The molecule has 1 fully saturated rings. The van der Waals surface area contributed by atoms with E-state index in [2.05, 4.69) is 22.0 Å². The summed E-state index contributed by atoms with van der Waals surface area (Å²) in [7, 11) is -3.37. The fourth-order valence-electron chi connectivity index (χ4n) is 7.63. The number of hydrogen-bond acceptors (Lipinski definition) is 12. The zero-order valence-corrected chi connectivity index (χ0v) is 35.8. The number of halogens is 1. The summed E-state index contributed by atoms with van der Waals surface area (Å²) in [6.45, 7) is 1.19. The van der Waals surface area contributed by atoms with Crippen molar-refractivity contribution in [3.05, 3.63) is 59.3 Å². The monoisotopic (exact) mass is 844 g/mol. The van der Waals surface area contributed by atoms with Crippen molar-refractivity contribution in [3.8, 4) is 6.07 Å². The van der Waals surface area contributed by atoms with Gasteiger partial charge >= 0.3 is 7.82 Å². The fourth-order valence-corrected chi connectivity index (χ4v) is 8.43. The molecule has 3 heterocycles. The highest BCUT2D eigenvalue weighted by Crippen LogP contribution is 2.47. The average Bonchev–Trinajstić information content (AvgIpc) is 3.76. The highest BCUT2D eigenvalue weighted by molar-refractivity contribution is 7.47. The SMILES string of the molecule is CCCCCCCCCCCCCCCCCCCC[C@@H](COP(=O)(O)OC[C@@]1(/C=N\C)O[C@@H](c2ccc3c(N)ncnn23)[C@H](O)[C@@H]1O)OCc1cc(F)cc(C#N)c1. The average molecular weight is 845 g/mol. The molecule has 0 bridgehead atoms. The molecule has 1 aliphatic heterocycles. The first-order valence-corrected chi connectivity index (χ1v) is 23.0. The summed E-state index contributed by atoms with van der Waals surface area (Å²) >= 11 is 0. The van der Waals surface area contributed by atoms with E-state index in [0.29, 0.717) is 23.2 Å². The number of nitriles is 1. The predicted octanol–water partition coefficient (Wildman–Crippen LogP) is 8.71. The Balaban J connectivity index is 1.23. The van der Waals surface area contributed by atoms with E-state index >= 15 is 0 Å². The van der Waals surface area contributed by atoms with Crippen LogP contribution in [0.3, 0.4) is 0 Å². The first-order valence-electron chi connectivity index (χ1n) is 21.5. The number of nitrogens with zero attached hydrogens (tertiary/aromatic N) is 5. The number of fused-ring (bicyclic) bond motifs is 1. The summed E-state index contributed by atoms with van der Waals surface area (Å²) in [5.41, 5.74) is 5.55. The van der Waals surface area contributed by atoms with Crippen molar-refractivity contribution >= 4 is 25.4 Å². The molecule has 5 N–H and O–H groups in total. The van der Waals surface area contributed by atoms with Gasteiger partial charge < -0.3 is 30.3 Å². The lowest BCUT2D eigenvalue weighted by molar-refractivity contribution is -0.0655. The van der Waals surface area contributed by atoms with Crippen molar-refractivity contribution in [1.82, 2.24) is 14.6 Å². The molecule has 59 heavy (non-hydrogen) atoms. The molecule has 4 rings (SSSR count). The smallest absolute Gasteiger partial charge is 0.387 e. The van der Waals surface area contributed by atoms with Gasteiger partial charge in [0.05, 0.1) is 43.3 Å². The van der Waals surface area contributed by atoms with E-state index in [9.17, 15) is 29.3 Å². The summed E-state index contributed by atoms with van der Waals surface area (Å²) in [5.74, 6) is -0.365. The minimum Gasteiger partial charge on any atom is -0.387 e. The third-order valence-electron chi connectivity index (χ3n) is 11.0. The molecule has 2 aromatic heterocycles. The number of rotatable bonds is 30. The number of aliphatic hydroxyl groups is 2. The number of aliphatic hydroxyl groups excluding tert-OH is 2. The van der Waals surface area contributed by atoms with E-state index in [4.69, 9.17) is 24.3 Å². The highest BCUT2D eigenvalue weighted by Gasteiger charge is 2.55. The van der Waals surface area contributed by atoms with Crippen LogP contribution < -0.4 is 5.73 Å². The van der Waals surface area contributed by atoms with Crippen molar-refractivity contribution < 1.29 is 42.6 Å². The fraction of sp³-hybridized carbons (Fsp3) is 0.674. The second kappa shape index (κ2) is 25.5. The van der Waals surface area contributed by atoms with Crippen LogP contribution in [0.25, 0.3) is 5.52 Å². The Morgan fingerprint density at radius 3 is 2.19 bits per heavy atom. The highest BCUT2D eigenvalue weighted by atomic mass is 31.2. The molecule has 3 aromatic rings. The van der Waals surface area contributed by atoms with Gasteiger partial charge in [-0.2, -0.15) is 10.4 Å². The number of hydrogen-bond donors (Lipinski definition) is 4. The van der Waals surface area contributed by atoms with E-state index in [1.54, 1.807) is 12.1 Å². The number of nitrogen functional groups attached to an aromatic ring is 1. The van der Waals surface area contributed by atoms with Gasteiger partial charge in [-0.3, -0.25) is 14.0 Å². The molecule has 1 aliphatic rings. The van der Waals surface area contributed by atoms with Crippen LogP contribution in [0.5, 0.6) is 0 Å². The summed E-state index contributed by atoms with van der Waals surface area (Å²) in [5, 5.41) is 35.7. The third kappa shape index (κ3) is 15.6. The number of aromatic nitrogens is 3. The topological polar surface area (TPSA) is 207 Å². The molecule has 1 aromatic carbocycles. The lowest BCUT2D eigenvalue weighted by Gasteiger charge is -2.28. The molecule has 0 radical (unpaired) electrons. The summed E-state index contributed by atoms with van der Waals surface area (Å²) in [4.78, 5) is 18.7. The summed E-state index contributed by atoms with van der Waals surface area (Å²) in [6, 6.07) is 9.13. The maximum absolute atomic E-state index is 14.1. The third-order valence-corrected chi connectivity index (χ3v) is 11.9. The lowest BCUT2D eigenvalue weighted by atomic mass is 9.96. The van der Waals surface area contributed by atoms with Crippen LogP contribution in [0.2, 0.25) is 0 Å². The number of ether oxygens (including phenoxy) is 2. The largest absolute Gasteiger partial charge is 0.472 e. The predicted molar refractivity (Wildman–Crippen MR) is 225 cm³/mol. The van der Waals surface area contributed by atoms with E-state index < -0.39 is 50.3 Å². The molecule has 0 saturated carbocycles. The van der Waals surface area contributed by atoms with Crippen LogP contribution in [0.1, 0.15) is 152 Å². The molecule has 0 amide bonds. The first-order chi connectivity index (χ1) is 28.5. The zero-order chi connectivity index (χ0) is 42.5. The van der Waals surface area contributed by atoms with E-state index in [1.165, 1.54) is 126 Å². The molecule has 1 unspecified atom stereocenters. The van der Waals surface area contributed by atoms with E-state index in [-0.39, 0.29) is 24.6 Å². The van der Waals surface area contributed by atoms with E-state index in [0.717, 1.165) is 31.7 Å². The summed E-state index contributed by atoms with van der Waals surface area (Å²) in [6.07, 6.45) is 20.5. The van der Waals surface area contributed by atoms with Gasteiger partial charge in [0.1, 0.15) is 36.0 Å². The molecular weight excluding hydrogens is 778 g/mol. The van der Waals surface area contributed by atoms with Crippen LogP contribution >= 0.6 is 7.82 Å². The number of phosphoric acid groups is 1. The standard InChI is InChI=1S/C43H66FN6O8P/c1-3-4-5-6-7-8-9-10-11-12-13-14-15-16-17-18-19-20-21-36(55-28-34-24-33(27-45)25-35(44)26-34)29-56-59(53,54)57-31-43(30-47-2)41(52)39(51)40(58-43)37-22-23-38-42(46)48-32-49-50(37)38/h22-26,30,32,36,39-41,51-52H,3-21,28-29,31H2,1-2H3,(H,53,54)(H2,46,48,49)/b47-30-/t36-,39-,40-,41-,43+/m0/s1. The van der Waals surface area contributed by atoms with Gasteiger partial charge in [0.2, 0.25) is 0 Å². The Labute approximate surface area is 349 Å². The second-order valence-corrected chi connectivity index (χ2v) is 17.2. The molecule has 1 saturated heterocycles. The Bertz CT molecular complexity index is 1810. The van der Waals surface area contributed by atoms with Gasteiger partial charge in [-0.15, -0.1) is 0 Å². The number of anilines is 1. The Kier molecular flexibility index (Phi) is 20.9. The summed E-state index contributed by atoms with van der Waals surface area (Å²) < 4.78 is 51.8. The maximum Gasteiger partial charge on any atom is 0.472 e. The number of phosphoric ester groups is 1. The first kappa shape index (κ1) is 48.3. The van der Waals surface area contributed by atoms with Crippen LogP contribution in [0.4, 0.5) is 10.2 Å². The van der Waals surface area contributed by atoms with Gasteiger partial charge in [-0.25, -0.2) is 18.5 Å². The number of nitrogens with two attached hydrogens (primary N) is 1. The lowest BCUT2D eigenvalue weighted by Crippen LogP contribution is -2.48. The van der Waals surface area contributed by atoms with E-state index in [1.807, 2.05) is 6.07 Å². The number of unbranched alkanes of at least 4 members (excludes halogenated alkanes) is 17. The van der Waals surface area contributed by atoms with Gasteiger partial charge in [0, 0.05) is 13.3 Å². The van der Waals surface area contributed by atoms with Crippen molar-refractivity contribution in [3.63, 3.8) is 0 Å². The molecule has 16 heteroatoms. The maximum atomic E-state index is 14.1. The quantitative estimate of drug-likeness (QED) is 0.0282. The molecule has 14 nitrogen and oxygen atoms in total. The minimum absolute atomic E-state index is 0.0452. The van der Waals surface area contributed by atoms with Gasteiger partial charge in [0.25, 0.3) is 0 Å². The zero-order valence-electron chi connectivity index (χ0n) is 34.9. The molecule has 0 aliphatic carbocycles. The number of benzene rings is 1. The Morgan fingerprint density at radius 1 is 0.983 bits per heavy atom. The van der Waals surface area contributed by atoms with Crippen LogP contribution in [-0.4, -0.2) is 80.1 Å². The number of aliphatic imine (C=N–C) groups is 1. The van der Waals surface area contributed by atoms with Gasteiger partial charge in [0.15, 0.2) is 11.4 Å². The molecular formula is C43H66FN6O8P. The Hall–Kier alpha value is -3.32. The van der Waals surface area contributed by atoms with Crippen molar-refractivity contribution in [1.29, 1.82) is 5.26 Å². The van der Waals surface area contributed by atoms with Gasteiger partial charge in [-0.05, 0) is 42.3 Å². The van der Waals surface area contributed by atoms with Crippen LogP contribution in [0, 0.1) is 17.1 Å². The van der Waals surface area contributed by atoms with Crippen molar-refractivity contribution in [2.24, 2.45) is 4.99 Å². The van der Waals surface area contributed by atoms with Crippen LogP contribution in [0.15, 0.2) is 41.7 Å². The van der Waals surface area contributed by atoms with Crippen molar-refractivity contribution in [2.75, 3.05) is 26.0 Å². The molecule has 328 valence electrons. The van der Waals surface area contributed by atoms with Gasteiger partial charge in [-0.1, -0.05) is 122 Å².